The fourth-order valence-electron chi connectivity index (χ4n) is 3.21. The Morgan fingerprint density at radius 2 is 1.00 bits per heavy atom. The first-order valence-electron chi connectivity index (χ1n) is 11.1. The first-order chi connectivity index (χ1) is 12.7. The summed E-state index contributed by atoms with van der Waals surface area (Å²) in [6.45, 7) is 2.95. The van der Waals surface area contributed by atoms with Crippen LogP contribution in [0.3, 0.4) is 0 Å². The Kier molecular flexibility index (Phi) is 26.5. The molecule has 0 fully saturated rings. The predicted octanol–water partition coefficient (Wildman–Crippen LogP) is 6.23. The number of nitrogens with one attached hydrogen (secondary N) is 1. The molecule has 0 aromatic carbocycles. The molecule has 0 radical (unpaired) electrons. The number of hydrogen-bond donors (Lipinski definition) is 2. The fourth-order valence-corrected chi connectivity index (χ4v) is 3.21. The van der Waals surface area contributed by atoms with E-state index in [0.29, 0.717) is 6.54 Å². The van der Waals surface area contributed by atoms with E-state index in [2.05, 4.69) is 12.2 Å². The molecule has 2 N–H and O–H groups in total. The molecule has 0 heterocycles. The molecule has 1 amide bonds. The van der Waals surface area contributed by atoms with Crippen LogP contribution in [0.25, 0.3) is 0 Å². The Bertz CT molecular complexity index is 338. The van der Waals surface area contributed by atoms with E-state index >= 15 is 0 Å². The summed E-state index contributed by atoms with van der Waals surface area (Å²) in [4.78, 5) is 21.7. The standard InChI is InChI=1S/C22H43NO3.Gd/c1-2-3-4-5-6-7-8-9-10-11-12-13-14-15-16-17-20-23-21(24)18-19-22(25)26;/h2-20H2,1H3,(H,23,24)(H,25,26);. The molecule has 0 aromatic rings. The van der Waals surface area contributed by atoms with Crippen molar-refractivity contribution in [3.63, 3.8) is 0 Å². The summed E-state index contributed by atoms with van der Waals surface area (Å²) in [7, 11) is 0. The molecular weight excluding hydrogens is 483 g/mol. The van der Waals surface area contributed by atoms with Crippen LogP contribution in [-0.4, -0.2) is 23.5 Å². The molecule has 0 rings (SSSR count). The van der Waals surface area contributed by atoms with Gasteiger partial charge in [0, 0.05) is 52.9 Å². The van der Waals surface area contributed by atoms with E-state index in [1.165, 1.54) is 89.9 Å². The van der Waals surface area contributed by atoms with E-state index in [-0.39, 0.29) is 58.7 Å². The van der Waals surface area contributed by atoms with Gasteiger partial charge in [0.15, 0.2) is 0 Å². The summed E-state index contributed by atoms with van der Waals surface area (Å²) in [5, 5.41) is 11.3. The number of carbonyl (C=O) groups is 2. The zero-order valence-electron chi connectivity index (χ0n) is 17.6. The Labute approximate surface area is 199 Å². The number of carbonyl (C=O) groups excluding carboxylic acids is 1. The molecule has 0 saturated carbocycles. The molecule has 27 heavy (non-hydrogen) atoms. The number of carboxylic acid groups (broad SMARTS) is 1. The van der Waals surface area contributed by atoms with Crippen LogP contribution in [0, 0.1) is 39.9 Å². The minimum absolute atomic E-state index is 0. The van der Waals surface area contributed by atoms with Gasteiger partial charge in [-0.25, -0.2) is 0 Å². The Morgan fingerprint density at radius 3 is 1.37 bits per heavy atom. The minimum Gasteiger partial charge on any atom is -0.481 e. The average Bonchev–Trinajstić information content (AvgIpc) is 2.62. The van der Waals surface area contributed by atoms with Gasteiger partial charge in [0.1, 0.15) is 0 Å². The average molecular weight is 527 g/mol. The normalized spacial score (nSPS) is 10.4. The van der Waals surface area contributed by atoms with Crippen LogP contribution in [0.2, 0.25) is 0 Å². The Balaban J connectivity index is 0. The molecule has 0 aliphatic carbocycles. The monoisotopic (exact) mass is 527 g/mol. The van der Waals surface area contributed by atoms with E-state index in [0.717, 1.165) is 12.8 Å². The Hall–Kier alpha value is 0.265. The van der Waals surface area contributed by atoms with Crippen molar-refractivity contribution >= 4 is 11.9 Å². The first-order valence-corrected chi connectivity index (χ1v) is 11.1. The molecule has 0 spiro atoms. The molecule has 0 unspecified atom stereocenters. The van der Waals surface area contributed by atoms with Crippen LogP contribution in [0.15, 0.2) is 0 Å². The maximum atomic E-state index is 11.3. The molecule has 0 saturated heterocycles. The van der Waals surface area contributed by atoms with Crippen LogP contribution in [0.4, 0.5) is 0 Å². The summed E-state index contributed by atoms with van der Waals surface area (Å²) in [6.07, 6.45) is 21.5. The number of aliphatic carboxylic acids is 1. The summed E-state index contributed by atoms with van der Waals surface area (Å²) >= 11 is 0. The summed E-state index contributed by atoms with van der Waals surface area (Å²) in [6, 6.07) is 0. The van der Waals surface area contributed by atoms with Crippen LogP contribution >= 0.6 is 0 Å². The van der Waals surface area contributed by atoms with Crippen molar-refractivity contribution in [2.45, 2.75) is 122 Å². The van der Waals surface area contributed by atoms with Gasteiger partial charge in [0.25, 0.3) is 0 Å². The molecule has 0 aliphatic heterocycles. The molecule has 4 nitrogen and oxygen atoms in total. The maximum Gasteiger partial charge on any atom is 0.303 e. The van der Waals surface area contributed by atoms with E-state index in [9.17, 15) is 9.59 Å². The number of unbranched alkanes of at least 4 members (excludes halogenated alkanes) is 15. The molecule has 0 aliphatic rings. The molecular formula is C22H43GdNO3. The van der Waals surface area contributed by atoms with E-state index in [1.54, 1.807) is 0 Å². The topological polar surface area (TPSA) is 66.4 Å². The van der Waals surface area contributed by atoms with Crippen molar-refractivity contribution in [1.29, 1.82) is 0 Å². The van der Waals surface area contributed by atoms with Crippen LogP contribution in [0.1, 0.15) is 122 Å². The third kappa shape index (κ3) is 26.3. The second kappa shape index (κ2) is 24.3. The number of hydrogen-bond acceptors (Lipinski definition) is 2. The van der Waals surface area contributed by atoms with Crippen LogP contribution < -0.4 is 5.32 Å². The third-order valence-corrected chi connectivity index (χ3v) is 4.92. The van der Waals surface area contributed by atoms with Crippen molar-refractivity contribution < 1.29 is 54.6 Å². The van der Waals surface area contributed by atoms with Crippen LogP contribution in [0.5, 0.6) is 0 Å². The molecule has 5 heteroatoms. The third-order valence-electron chi connectivity index (χ3n) is 4.92. The van der Waals surface area contributed by atoms with Gasteiger partial charge >= 0.3 is 5.97 Å². The predicted molar refractivity (Wildman–Crippen MR) is 109 cm³/mol. The smallest absolute Gasteiger partial charge is 0.303 e. The minimum atomic E-state index is -0.914. The second-order valence-corrected chi connectivity index (χ2v) is 7.55. The quantitative estimate of drug-likeness (QED) is 0.185. The maximum absolute atomic E-state index is 11.3. The molecule has 0 bridgehead atoms. The number of amides is 1. The first kappa shape index (κ1) is 29.5. The SMILES string of the molecule is CCCCCCCCCCCCCCCCCCNC(=O)CCC(=O)O.[Gd]. The largest absolute Gasteiger partial charge is 0.481 e. The van der Waals surface area contributed by atoms with E-state index in [4.69, 9.17) is 5.11 Å². The molecule has 162 valence electrons. The van der Waals surface area contributed by atoms with Gasteiger partial charge in [-0.05, 0) is 6.42 Å². The van der Waals surface area contributed by atoms with Crippen molar-refractivity contribution in [3.8, 4) is 0 Å². The van der Waals surface area contributed by atoms with Crippen molar-refractivity contribution in [3.05, 3.63) is 0 Å². The number of rotatable bonds is 20. The fraction of sp³-hybridized carbons (Fsp3) is 0.909. The van der Waals surface area contributed by atoms with Gasteiger partial charge in [-0.15, -0.1) is 0 Å². The van der Waals surface area contributed by atoms with Gasteiger partial charge in [0.2, 0.25) is 5.91 Å². The number of carboxylic acids is 1. The molecule has 0 aromatic heterocycles. The van der Waals surface area contributed by atoms with Crippen LogP contribution in [-0.2, 0) is 9.59 Å². The van der Waals surface area contributed by atoms with Crippen molar-refractivity contribution in [2.75, 3.05) is 6.54 Å². The second-order valence-electron chi connectivity index (χ2n) is 7.55. The summed E-state index contributed by atoms with van der Waals surface area (Å²) < 4.78 is 0. The van der Waals surface area contributed by atoms with Crippen molar-refractivity contribution in [2.24, 2.45) is 0 Å². The zero-order valence-corrected chi connectivity index (χ0v) is 19.8. The van der Waals surface area contributed by atoms with Crippen molar-refractivity contribution in [1.82, 2.24) is 5.32 Å². The van der Waals surface area contributed by atoms with Gasteiger partial charge in [0.05, 0.1) is 6.42 Å². The zero-order chi connectivity index (χ0) is 19.3. The van der Waals surface area contributed by atoms with Gasteiger partial charge in [-0.3, -0.25) is 9.59 Å². The van der Waals surface area contributed by atoms with Gasteiger partial charge in [-0.2, -0.15) is 0 Å². The van der Waals surface area contributed by atoms with Gasteiger partial charge < -0.3 is 10.4 Å². The van der Waals surface area contributed by atoms with E-state index in [1.807, 2.05) is 0 Å². The molecule has 0 atom stereocenters. The Morgan fingerprint density at radius 1 is 0.630 bits per heavy atom. The summed E-state index contributed by atoms with van der Waals surface area (Å²) in [5.74, 6) is -1.06. The van der Waals surface area contributed by atoms with E-state index < -0.39 is 5.97 Å². The van der Waals surface area contributed by atoms with Gasteiger partial charge in [-0.1, -0.05) is 103 Å². The summed E-state index contributed by atoms with van der Waals surface area (Å²) in [5.41, 5.74) is 0.